The molecule has 0 radical (unpaired) electrons. The molecule has 0 saturated heterocycles. The van der Waals surface area contributed by atoms with Crippen LogP contribution in [0.15, 0.2) is 27.2 Å². The standard InChI is InChI=1S/C11H14BrNO2/c1-14-11(15-2)7-8-4-3-5-13-9(8)6-10(11)12/h6-7H,3-5H2,1-2H3. The zero-order valence-corrected chi connectivity index (χ0v) is 10.5. The molecule has 4 heteroatoms. The van der Waals surface area contributed by atoms with Crippen molar-refractivity contribution in [2.45, 2.75) is 18.6 Å². The number of hydrogen-bond acceptors (Lipinski definition) is 3. The van der Waals surface area contributed by atoms with Crippen molar-refractivity contribution in [1.82, 2.24) is 0 Å². The Labute approximate surface area is 98.0 Å². The van der Waals surface area contributed by atoms with Crippen molar-refractivity contribution in [3.05, 3.63) is 22.2 Å². The van der Waals surface area contributed by atoms with Gasteiger partial charge in [0.1, 0.15) is 0 Å². The zero-order valence-electron chi connectivity index (χ0n) is 8.92. The van der Waals surface area contributed by atoms with Gasteiger partial charge in [-0.3, -0.25) is 4.99 Å². The van der Waals surface area contributed by atoms with E-state index in [9.17, 15) is 0 Å². The van der Waals surface area contributed by atoms with Gasteiger partial charge in [-0.2, -0.15) is 0 Å². The van der Waals surface area contributed by atoms with E-state index in [0.29, 0.717) is 0 Å². The molecule has 82 valence electrons. The maximum atomic E-state index is 5.42. The number of allylic oxidation sites excluding steroid dienone is 2. The molecule has 0 unspecified atom stereocenters. The average Bonchev–Trinajstić information content (AvgIpc) is 2.28. The molecule has 1 aliphatic carbocycles. The van der Waals surface area contributed by atoms with Crippen LogP contribution >= 0.6 is 15.9 Å². The Hall–Kier alpha value is -0.450. The Morgan fingerprint density at radius 2 is 2.13 bits per heavy atom. The minimum Gasteiger partial charge on any atom is -0.346 e. The van der Waals surface area contributed by atoms with Gasteiger partial charge >= 0.3 is 0 Å². The quantitative estimate of drug-likeness (QED) is 0.723. The largest absolute Gasteiger partial charge is 0.346 e. The molecule has 0 spiro atoms. The molecule has 15 heavy (non-hydrogen) atoms. The first-order valence-corrected chi connectivity index (χ1v) is 5.75. The number of aliphatic imine (C=N–C) groups is 1. The van der Waals surface area contributed by atoms with Gasteiger partial charge in [-0.25, -0.2) is 0 Å². The molecule has 0 saturated carbocycles. The Bertz CT molecular complexity index is 354. The van der Waals surface area contributed by atoms with Gasteiger partial charge in [-0.1, -0.05) is 0 Å². The van der Waals surface area contributed by atoms with Crippen molar-refractivity contribution in [1.29, 1.82) is 0 Å². The fourth-order valence-electron chi connectivity index (χ4n) is 1.90. The van der Waals surface area contributed by atoms with Crippen LogP contribution in [0.1, 0.15) is 12.8 Å². The van der Waals surface area contributed by atoms with E-state index in [1.807, 2.05) is 12.2 Å². The SMILES string of the molecule is COC1(OC)C=C2CCCN=C2C=C1Br. The van der Waals surface area contributed by atoms with Crippen LogP contribution in [0.3, 0.4) is 0 Å². The molecule has 2 aliphatic rings. The van der Waals surface area contributed by atoms with Crippen LogP contribution in [-0.2, 0) is 9.47 Å². The van der Waals surface area contributed by atoms with Crippen LogP contribution < -0.4 is 0 Å². The molecule has 0 fully saturated rings. The lowest BCUT2D eigenvalue weighted by atomic mass is 9.93. The summed E-state index contributed by atoms with van der Waals surface area (Å²) in [5, 5.41) is 0. The van der Waals surface area contributed by atoms with Crippen molar-refractivity contribution in [2.24, 2.45) is 4.99 Å². The van der Waals surface area contributed by atoms with Crippen LogP contribution in [0.2, 0.25) is 0 Å². The van der Waals surface area contributed by atoms with E-state index in [1.165, 1.54) is 5.57 Å². The molecule has 0 aromatic rings. The van der Waals surface area contributed by atoms with Gasteiger partial charge in [-0.15, -0.1) is 0 Å². The first kappa shape index (κ1) is 11.0. The Morgan fingerprint density at radius 1 is 1.40 bits per heavy atom. The van der Waals surface area contributed by atoms with E-state index in [2.05, 4.69) is 20.9 Å². The maximum Gasteiger partial charge on any atom is 0.222 e. The second-order valence-corrected chi connectivity index (χ2v) is 4.46. The third kappa shape index (κ3) is 1.82. The van der Waals surface area contributed by atoms with Crippen LogP contribution in [-0.4, -0.2) is 32.3 Å². The second-order valence-electron chi connectivity index (χ2n) is 3.61. The van der Waals surface area contributed by atoms with Gasteiger partial charge < -0.3 is 9.47 Å². The number of fused-ring (bicyclic) bond motifs is 1. The molecular formula is C11H14BrNO2. The minimum atomic E-state index is -0.758. The molecule has 0 bridgehead atoms. The minimum absolute atomic E-state index is 0.758. The number of ether oxygens (including phenoxy) is 2. The monoisotopic (exact) mass is 271 g/mol. The number of halogens is 1. The van der Waals surface area contributed by atoms with Crippen LogP contribution in [0.4, 0.5) is 0 Å². The smallest absolute Gasteiger partial charge is 0.222 e. The highest BCUT2D eigenvalue weighted by Gasteiger charge is 2.35. The van der Waals surface area contributed by atoms with Gasteiger partial charge in [0.25, 0.3) is 0 Å². The van der Waals surface area contributed by atoms with Gasteiger partial charge in [0, 0.05) is 20.8 Å². The normalized spacial score (nSPS) is 23.8. The van der Waals surface area contributed by atoms with E-state index < -0.39 is 5.79 Å². The molecule has 0 N–H and O–H groups in total. The Kier molecular flexibility index (Phi) is 3.09. The van der Waals surface area contributed by atoms with Gasteiger partial charge in [0.2, 0.25) is 5.79 Å². The predicted molar refractivity (Wildman–Crippen MR) is 63.4 cm³/mol. The Morgan fingerprint density at radius 3 is 2.80 bits per heavy atom. The summed E-state index contributed by atoms with van der Waals surface area (Å²) in [4.78, 5) is 4.47. The predicted octanol–water partition coefficient (Wildman–Crippen LogP) is 2.43. The van der Waals surface area contributed by atoms with Crippen molar-refractivity contribution < 1.29 is 9.47 Å². The highest BCUT2D eigenvalue weighted by atomic mass is 79.9. The molecule has 1 heterocycles. The van der Waals surface area contributed by atoms with Gasteiger partial charge in [0.05, 0.1) is 10.2 Å². The van der Waals surface area contributed by atoms with Crippen molar-refractivity contribution >= 4 is 21.6 Å². The molecule has 3 nitrogen and oxygen atoms in total. The lowest BCUT2D eigenvalue weighted by Gasteiger charge is -2.32. The van der Waals surface area contributed by atoms with Gasteiger partial charge in [0.15, 0.2) is 0 Å². The van der Waals surface area contributed by atoms with E-state index in [-0.39, 0.29) is 0 Å². The summed E-state index contributed by atoms with van der Waals surface area (Å²) in [7, 11) is 3.28. The first-order valence-electron chi connectivity index (χ1n) is 4.96. The summed E-state index contributed by atoms with van der Waals surface area (Å²) in [5.41, 5.74) is 2.27. The molecule has 0 aromatic carbocycles. The third-order valence-corrected chi connectivity index (χ3v) is 3.56. The number of hydrogen-bond donors (Lipinski definition) is 0. The molecular weight excluding hydrogens is 258 g/mol. The summed E-state index contributed by atoms with van der Waals surface area (Å²) in [5.74, 6) is -0.758. The molecule has 0 aromatic heterocycles. The summed E-state index contributed by atoms with van der Waals surface area (Å²) < 4.78 is 11.7. The fraction of sp³-hybridized carbons (Fsp3) is 0.545. The lowest BCUT2D eigenvalue weighted by molar-refractivity contribution is -0.136. The zero-order chi connectivity index (χ0) is 10.9. The fourth-order valence-corrected chi connectivity index (χ4v) is 2.55. The maximum absolute atomic E-state index is 5.42. The topological polar surface area (TPSA) is 30.8 Å². The highest BCUT2D eigenvalue weighted by molar-refractivity contribution is 9.11. The van der Waals surface area contributed by atoms with Crippen molar-refractivity contribution in [3.8, 4) is 0 Å². The Balaban J connectivity index is 2.42. The average molecular weight is 272 g/mol. The van der Waals surface area contributed by atoms with Crippen LogP contribution in [0, 0.1) is 0 Å². The summed E-state index contributed by atoms with van der Waals surface area (Å²) in [6, 6.07) is 0. The number of nitrogens with zero attached hydrogens (tertiary/aromatic N) is 1. The second kappa shape index (κ2) is 4.20. The summed E-state index contributed by atoms with van der Waals surface area (Å²) >= 11 is 3.48. The molecule has 2 rings (SSSR count). The number of rotatable bonds is 2. The van der Waals surface area contributed by atoms with Crippen LogP contribution in [0.25, 0.3) is 0 Å². The molecule has 0 atom stereocenters. The van der Waals surface area contributed by atoms with E-state index >= 15 is 0 Å². The summed E-state index contributed by atoms with van der Waals surface area (Å²) in [6.07, 6.45) is 6.14. The first-order chi connectivity index (χ1) is 7.22. The molecule has 1 aliphatic heterocycles. The highest BCUT2D eigenvalue weighted by Crippen LogP contribution is 2.36. The van der Waals surface area contributed by atoms with E-state index in [1.54, 1.807) is 14.2 Å². The molecule has 0 amide bonds. The lowest BCUT2D eigenvalue weighted by Crippen LogP contribution is -2.36. The van der Waals surface area contributed by atoms with Crippen LogP contribution in [0.5, 0.6) is 0 Å². The van der Waals surface area contributed by atoms with Crippen molar-refractivity contribution in [3.63, 3.8) is 0 Å². The third-order valence-electron chi connectivity index (χ3n) is 2.78. The van der Waals surface area contributed by atoms with Gasteiger partial charge in [-0.05, 0) is 46.5 Å². The van der Waals surface area contributed by atoms with E-state index in [4.69, 9.17) is 9.47 Å². The number of methoxy groups -OCH3 is 2. The van der Waals surface area contributed by atoms with Crippen molar-refractivity contribution in [2.75, 3.05) is 20.8 Å². The summed E-state index contributed by atoms with van der Waals surface area (Å²) in [6.45, 7) is 0.913. The van der Waals surface area contributed by atoms with E-state index in [0.717, 1.165) is 29.6 Å².